The molecule has 1 heterocycles. The van der Waals surface area contributed by atoms with Gasteiger partial charge in [-0.05, 0) is 24.1 Å². The number of rotatable bonds is 2. The summed E-state index contributed by atoms with van der Waals surface area (Å²) in [6, 6.07) is 14.0. The number of allylic oxidation sites excluding steroid dienone is 1. The minimum Gasteiger partial charge on any atom is -0.397 e. The first-order valence-electron chi connectivity index (χ1n) is 8.66. The van der Waals surface area contributed by atoms with Gasteiger partial charge in [0.15, 0.2) is 11.5 Å². The second kappa shape index (κ2) is 7.67. The van der Waals surface area contributed by atoms with Crippen LogP contribution in [-0.4, -0.2) is 10.7 Å². The molecule has 0 atom stereocenters. The maximum absolute atomic E-state index is 13.2. The van der Waals surface area contributed by atoms with Gasteiger partial charge in [-0.3, -0.25) is 14.9 Å². The molecule has 0 saturated heterocycles. The quantitative estimate of drug-likeness (QED) is 0.194. The first-order chi connectivity index (χ1) is 13.0. The van der Waals surface area contributed by atoms with Gasteiger partial charge in [0.2, 0.25) is 5.52 Å². The fourth-order valence-electron chi connectivity index (χ4n) is 3.74. The van der Waals surface area contributed by atoms with E-state index in [1.54, 1.807) is 18.2 Å². The van der Waals surface area contributed by atoms with Gasteiger partial charge in [-0.2, -0.15) is 4.57 Å². The third kappa shape index (κ3) is 3.26. The summed E-state index contributed by atoms with van der Waals surface area (Å²) in [4.78, 5) is 23.7. The number of carbonyl (C=O) groups is 1. The van der Waals surface area contributed by atoms with Gasteiger partial charge in [-0.1, -0.05) is 24.3 Å². The molecule has 0 bridgehead atoms. The highest BCUT2D eigenvalue weighted by atomic mass is 127. The molecule has 1 aliphatic rings. The van der Waals surface area contributed by atoms with Gasteiger partial charge >= 0.3 is 0 Å². The van der Waals surface area contributed by atoms with E-state index in [0.717, 1.165) is 16.6 Å². The van der Waals surface area contributed by atoms with E-state index in [2.05, 4.69) is 0 Å². The number of nitrogens with two attached hydrogens (primary N) is 1. The van der Waals surface area contributed by atoms with Gasteiger partial charge in [0.1, 0.15) is 12.6 Å². The molecule has 0 spiro atoms. The lowest BCUT2D eigenvalue weighted by atomic mass is 9.86. The van der Waals surface area contributed by atoms with Crippen LogP contribution < -0.4 is 10.3 Å². The molecule has 0 radical (unpaired) electrons. The van der Waals surface area contributed by atoms with Crippen LogP contribution in [0.3, 0.4) is 0 Å². The van der Waals surface area contributed by atoms with Crippen molar-refractivity contribution in [1.82, 2.24) is 0 Å². The predicted octanol–water partition coefficient (Wildman–Crippen LogP) is 3.99. The van der Waals surface area contributed by atoms with E-state index in [4.69, 9.17) is 5.73 Å². The summed E-state index contributed by atoms with van der Waals surface area (Å²) in [5.74, 6) is -0.110. The number of nitro benzene ring substituents is 1. The Balaban J connectivity index is 0.00000225. The molecule has 6 nitrogen and oxygen atoms in total. The number of Topliss-reactive ketones (excluding diaryl/α,β-unsaturated/α-hetero) is 1. The molecular weight excluding hydrogens is 469 g/mol. The Labute approximate surface area is 178 Å². The van der Waals surface area contributed by atoms with Gasteiger partial charge in [0, 0.05) is 30.2 Å². The number of fused-ring (bicyclic) bond motifs is 2. The topological polar surface area (TPSA) is 90.1 Å². The van der Waals surface area contributed by atoms with Crippen LogP contribution in [0.1, 0.15) is 28.0 Å². The van der Waals surface area contributed by atoms with Gasteiger partial charge in [-0.25, -0.2) is 0 Å². The molecule has 0 unspecified atom stereocenters. The van der Waals surface area contributed by atoms with Gasteiger partial charge in [0.05, 0.1) is 16.0 Å². The number of ketones is 1. The Morgan fingerprint density at radius 1 is 1.14 bits per heavy atom. The van der Waals surface area contributed by atoms with Gasteiger partial charge < -0.3 is 5.73 Å². The highest BCUT2D eigenvalue weighted by Crippen LogP contribution is 2.33. The van der Waals surface area contributed by atoms with E-state index in [1.165, 1.54) is 12.1 Å². The minimum atomic E-state index is -0.440. The van der Waals surface area contributed by atoms with Crippen LogP contribution in [0.4, 0.5) is 11.4 Å². The number of carbonyl (C=O) groups excluding carboxylic acids is 1. The molecule has 7 heteroatoms. The summed E-state index contributed by atoms with van der Waals surface area (Å²) in [6.07, 6.45) is 2.99. The second-order valence-electron chi connectivity index (χ2n) is 6.66. The molecule has 28 heavy (non-hydrogen) atoms. The molecule has 2 N–H and O–H groups in total. The summed E-state index contributed by atoms with van der Waals surface area (Å²) in [5, 5.41) is 11.8. The van der Waals surface area contributed by atoms with Crippen LogP contribution in [0.15, 0.2) is 54.1 Å². The fraction of sp³-hybridized carbons (Fsp3) is 0.143. The van der Waals surface area contributed by atoms with Crippen LogP contribution >= 0.6 is 24.0 Å². The number of benzene rings is 2. The lowest BCUT2D eigenvalue weighted by Crippen LogP contribution is -2.39. The number of nitrogen functional groups attached to an aromatic ring is 1. The molecule has 2 aromatic carbocycles. The number of anilines is 1. The summed E-state index contributed by atoms with van der Waals surface area (Å²) >= 11 is 0. The average Bonchev–Trinajstić information content (AvgIpc) is 2.68. The molecule has 0 amide bonds. The van der Waals surface area contributed by atoms with E-state index in [0.29, 0.717) is 35.2 Å². The highest BCUT2D eigenvalue weighted by Gasteiger charge is 2.32. The fourth-order valence-corrected chi connectivity index (χ4v) is 3.74. The summed E-state index contributed by atoms with van der Waals surface area (Å²) in [7, 11) is 1.95. The van der Waals surface area contributed by atoms with E-state index in [9.17, 15) is 14.9 Å². The number of hydrogen-bond donors (Lipinski definition) is 1. The number of pyridine rings is 1. The van der Waals surface area contributed by atoms with Crippen molar-refractivity contribution in [3.05, 3.63) is 81.0 Å². The van der Waals surface area contributed by atoms with Crippen molar-refractivity contribution in [3.63, 3.8) is 0 Å². The molecule has 142 valence electrons. The molecule has 0 fully saturated rings. The predicted molar refractivity (Wildman–Crippen MR) is 119 cm³/mol. The number of para-hydroxylation sites is 1. The molecule has 4 rings (SSSR count). The molecular formula is C21H19IN3O3+. The van der Waals surface area contributed by atoms with Crippen molar-refractivity contribution < 1.29 is 14.3 Å². The van der Waals surface area contributed by atoms with Crippen molar-refractivity contribution in [2.75, 3.05) is 5.73 Å². The van der Waals surface area contributed by atoms with Crippen LogP contribution in [0.5, 0.6) is 0 Å². The molecule has 1 aliphatic carbocycles. The zero-order valence-electron chi connectivity index (χ0n) is 15.2. The van der Waals surface area contributed by atoms with Crippen LogP contribution in [-0.2, 0) is 13.5 Å². The van der Waals surface area contributed by atoms with E-state index in [1.807, 2.05) is 35.9 Å². The maximum Gasteiger partial charge on any atom is 0.270 e. The SMILES string of the molecule is C[n+]1c2c(c(N)c3ccccc31)C(=O)/C(=C/c1cccc([N+](=O)[O-])c1)CC2.I. The summed E-state index contributed by atoms with van der Waals surface area (Å²) in [5.41, 5.74) is 10.6. The van der Waals surface area contributed by atoms with Crippen molar-refractivity contribution >= 4 is 58.1 Å². The number of non-ortho nitro benzene ring substituents is 1. The monoisotopic (exact) mass is 488 g/mol. The summed E-state index contributed by atoms with van der Waals surface area (Å²) in [6.45, 7) is 0. The van der Waals surface area contributed by atoms with Crippen molar-refractivity contribution in [1.29, 1.82) is 0 Å². The number of nitro groups is 1. The van der Waals surface area contributed by atoms with Gasteiger partial charge in [0.25, 0.3) is 5.69 Å². The van der Waals surface area contributed by atoms with Crippen molar-refractivity contribution in [2.24, 2.45) is 7.05 Å². The number of nitrogens with zero attached hydrogens (tertiary/aromatic N) is 2. The van der Waals surface area contributed by atoms with E-state index in [-0.39, 0.29) is 35.4 Å². The van der Waals surface area contributed by atoms with Crippen LogP contribution in [0, 0.1) is 10.1 Å². The average molecular weight is 488 g/mol. The Morgan fingerprint density at radius 2 is 1.89 bits per heavy atom. The number of aryl methyl sites for hydroxylation is 1. The highest BCUT2D eigenvalue weighted by molar-refractivity contribution is 14.0. The molecule has 0 aliphatic heterocycles. The largest absolute Gasteiger partial charge is 0.397 e. The van der Waals surface area contributed by atoms with Gasteiger partial charge in [-0.15, -0.1) is 24.0 Å². The smallest absolute Gasteiger partial charge is 0.270 e. The van der Waals surface area contributed by atoms with Crippen LogP contribution in [0.2, 0.25) is 0 Å². The van der Waals surface area contributed by atoms with Crippen molar-refractivity contribution in [3.8, 4) is 0 Å². The molecule has 0 saturated carbocycles. The third-order valence-corrected chi connectivity index (χ3v) is 5.09. The Morgan fingerprint density at radius 3 is 2.64 bits per heavy atom. The van der Waals surface area contributed by atoms with Crippen molar-refractivity contribution in [2.45, 2.75) is 12.8 Å². The van der Waals surface area contributed by atoms with E-state index >= 15 is 0 Å². The lowest BCUT2D eigenvalue weighted by molar-refractivity contribution is -0.653. The zero-order valence-corrected chi connectivity index (χ0v) is 17.5. The first-order valence-corrected chi connectivity index (χ1v) is 8.66. The normalized spacial score (nSPS) is 14.6. The Kier molecular flexibility index (Phi) is 5.46. The third-order valence-electron chi connectivity index (χ3n) is 5.09. The Bertz CT molecular complexity index is 1160. The first kappa shape index (κ1) is 19.9. The van der Waals surface area contributed by atoms with E-state index < -0.39 is 4.92 Å². The van der Waals surface area contributed by atoms with Crippen LogP contribution in [0.25, 0.3) is 17.0 Å². The standard InChI is InChI=1S/C21H17N3O3.HI/c1-23-17-8-3-2-7-16(17)20(22)19-18(23)10-9-14(21(19)25)11-13-5-4-6-15(12-13)24(26)27;/h2-8,11-12,22H,9-10H2,1H3;1H/p+1/b14-11+;. The number of halogens is 1. The minimum absolute atomic E-state index is 0. The zero-order chi connectivity index (χ0) is 19.1. The molecule has 3 aromatic rings. The lowest BCUT2D eigenvalue weighted by Gasteiger charge is -2.18. The summed E-state index contributed by atoms with van der Waals surface area (Å²) < 4.78 is 2.03. The number of hydrogen-bond acceptors (Lipinski definition) is 4. The number of aromatic nitrogens is 1. The maximum atomic E-state index is 13.2. The Hall–Kier alpha value is -2.81. The molecule has 1 aromatic heterocycles. The second-order valence-corrected chi connectivity index (χ2v) is 6.66.